The van der Waals surface area contributed by atoms with Gasteiger partial charge in [0.05, 0.1) is 32.0 Å². The van der Waals surface area contributed by atoms with Gasteiger partial charge in [-0.15, -0.1) is 0 Å². The van der Waals surface area contributed by atoms with E-state index in [0.717, 1.165) is 32.4 Å². The third-order valence-corrected chi connectivity index (χ3v) is 4.43. The van der Waals surface area contributed by atoms with Crippen LogP contribution in [0.5, 0.6) is 5.75 Å². The third-order valence-electron chi connectivity index (χ3n) is 4.43. The van der Waals surface area contributed by atoms with Crippen LogP contribution in [0.1, 0.15) is 24.8 Å². The predicted molar refractivity (Wildman–Crippen MR) is 76.9 cm³/mol. The van der Waals surface area contributed by atoms with Gasteiger partial charge in [0.1, 0.15) is 0 Å². The fraction of sp³-hybridized carbons (Fsp3) is 0.625. The first-order chi connectivity index (χ1) is 10.2. The lowest BCUT2D eigenvalue weighted by molar-refractivity contribution is -0.0241. The summed E-state index contributed by atoms with van der Waals surface area (Å²) in [6, 6.07) is 5.12. The van der Waals surface area contributed by atoms with Crippen LogP contribution in [0.3, 0.4) is 0 Å². The van der Waals surface area contributed by atoms with Gasteiger partial charge in [-0.2, -0.15) is 0 Å². The van der Waals surface area contributed by atoms with Crippen LogP contribution in [0.15, 0.2) is 18.2 Å². The molecule has 0 amide bonds. The molecule has 0 bridgehead atoms. The highest BCUT2D eigenvalue weighted by Gasteiger charge is 2.41. The van der Waals surface area contributed by atoms with Gasteiger partial charge in [-0.3, -0.25) is 0 Å². The van der Waals surface area contributed by atoms with Crippen molar-refractivity contribution in [1.29, 1.82) is 0 Å². The Bertz CT molecular complexity index is 488. The molecule has 4 nitrogen and oxygen atoms in total. The maximum atomic E-state index is 14.1. The smallest absolute Gasteiger partial charge is 0.170 e. The molecule has 0 saturated carbocycles. The molecular weight excluding hydrogens is 273 g/mol. The standard InChI is InChI=1S/C16H22FNO3/c1-19-14-4-2-3-12(15(14)17)10-20-13-9-16(21-11-13)5-7-18-8-6-16/h2-4,13,18H,5-11H2,1H3. The van der Waals surface area contributed by atoms with E-state index in [2.05, 4.69) is 5.32 Å². The van der Waals surface area contributed by atoms with Gasteiger partial charge in [0.15, 0.2) is 11.6 Å². The Morgan fingerprint density at radius 1 is 1.38 bits per heavy atom. The van der Waals surface area contributed by atoms with Crippen LogP contribution < -0.4 is 10.1 Å². The van der Waals surface area contributed by atoms with Crippen LogP contribution in [-0.4, -0.2) is 38.5 Å². The number of ether oxygens (including phenoxy) is 3. The zero-order chi connectivity index (χ0) is 14.7. The van der Waals surface area contributed by atoms with Crippen molar-refractivity contribution >= 4 is 0 Å². The Morgan fingerprint density at radius 2 is 2.19 bits per heavy atom. The van der Waals surface area contributed by atoms with Gasteiger partial charge >= 0.3 is 0 Å². The molecule has 2 fully saturated rings. The van der Waals surface area contributed by atoms with Crippen LogP contribution in [0, 0.1) is 5.82 Å². The second-order valence-electron chi connectivity index (χ2n) is 5.81. The first-order valence-electron chi connectivity index (χ1n) is 7.50. The summed E-state index contributed by atoms with van der Waals surface area (Å²) in [6.07, 6.45) is 3.01. The van der Waals surface area contributed by atoms with E-state index in [1.165, 1.54) is 7.11 Å². The molecule has 0 aromatic heterocycles. The quantitative estimate of drug-likeness (QED) is 0.925. The molecule has 5 heteroatoms. The minimum atomic E-state index is -0.338. The van der Waals surface area contributed by atoms with E-state index in [0.29, 0.717) is 12.2 Å². The van der Waals surface area contributed by atoms with E-state index >= 15 is 0 Å². The summed E-state index contributed by atoms with van der Waals surface area (Å²) >= 11 is 0. The van der Waals surface area contributed by atoms with Crippen LogP contribution in [0.4, 0.5) is 4.39 Å². The molecule has 1 N–H and O–H groups in total. The molecule has 1 spiro atoms. The van der Waals surface area contributed by atoms with Crippen molar-refractivity contribution in [3.05, 3.63) is 29.6 Å². The third kappa shape index (κ3) is 3.20. The number of benzene rings is 1. The maximum absolute atomic E-state index is 14.1. The van der Waals surface area contributed by atoms with Crippen LogP contribution in [0.2, 0.25) is 0 Å². The fourth-order valence-electron chi connectivity index (χ4n) is 3.17. The SMILES string of the molecule is COc1cccc(COC2COC3(CCNCC3)C2)c1F. The molecule has 1 aromatic carbocycles. The van der Waals surface area contributed by atoms with Crippen molar-refractivity contribution in [2.24, 2.45) is 0 Å². The highest BCUT2D eigenvalue weighted by molar-refractivity contribution is 5.30. The van der Waals surface area contributed by atoms with Gasteiger partial charge in [-0.05, 0) is 32.0 Å². The number of nitrogens with one attached hydrogen (secondary N) is 1. The second kappa shape index (κ2) is 6.30. The molecule has 2 aliphatic rings. The summed E-state index contributed by atoms with van der Waals surface area (Å²) in [5.41, 5.74) is 0.503. The summed E-state index contributed by atoms with van der Waals surface area (Å²) in [6.45, 7) is 2.85. The lowest BCUT2D eigenvalue weighted by Gasteiger charge is -2.32. The number of methoxy groups -OCH3 is 1. The maximum Gasteiger partial charge on any atom is 0.170 e. The van der Waals surface area contributed by atoms with Gasteiger partial charge in [-0.25, -0.2) is 4.39 Å². The zero-order valence-electron chi connectivity index (χ0n) is 12.4. The zero-order valence-corrected chi connectivity index (χ0v) is 12.4. The molecule has 2 aliphatic heterocycles. The summed E-state index contributed by atoms with van der Waals surface area (Å²) in [7, 11) is 1.47. The summed E-state index contributed by atoms with van der Waals surface area (Å²) < 4.78 is 30.9. The molecule has 1 atom stereocenters. The van der Waals surface area contributed by atoms with Crippen molar-refractivity contribution in [2.75, 3.05) is 26.8 Å². The molecule has 3 rings (SSSR count). The van der Waals surface area contributed by atoms with Crippen molar-refractivity contribution in [1.82, 2.24) is 5.32 Å². The molecule has 2 heterocycles. The van der Waals surface area contributed by atoms with E-state index < -0.39 is 0 Å². The Labute approximate surface area is 124 Å². The molecule has 116 valence electrons. The van der Waals surface area contributed by atoms with E-state index in [-0.39, 0.29) is 29.9 Å². The van der Waals surface area contributed by atoms with Crippen LogP contribution in [-0.2, 0) is 16.1 Å². The molecule has 1 unspecified atom stereocenters. The van der Waals surface area contributed by atoms with Crippen LogP contribution >= 0.6 is 0 Å². The Balaban J connectivity index is 1.56. The minimum Gasteiger partial charge on any atom is -0.494 e. The van der Waals surface area contributed by atoms with Crippen molar-refractivity contribution in [3.63, 3.8) is 0 Å². The number of rotatable bonds is 4. The molecular formula is C16H22FNO3. The highest BCUT2D eigenvalue weighted by atomic mass is 19.1. The summed E-state index contributed by atoms with van der Waals surface area (Å²) in [5.74, 6) is -0.0795. The minimum absolute atomic E-state index is 0.0250. The molecule has 21 heavy (non-hydrogen) atoms. The van der Waals surface area contributed by atoms with Crippen LogP contribution in [0.25, 0.3) is 0 Å². The van der Waals surface area contributed by atoms with Gasteiger partial charge in [0.25, 0.3) is 0 Å². The highest BCUT2D eigenvalue weighted by Crippen LogP contribution is 2.35. The monoisotopic (exact) mass is 295 g/mol. The molecule has 1 aromatic rings. The Kier molecular flexibility index (Phi) is 4.42. The van der Waals surface area contributed by atoms with Crippen molar-refractivity contribution < 1.29 is 18.6 Å². The molecule has 0 aliphatic carbocycles. The van der Waals surface area contributed by atoms with Crippen molar-refractivity contribution in [3.8, 4) is 5.75 Å². The largest absolute Gasteiger partial charge is 0.494 e. The number of hydrogen-bond donors (Lipinski definition) is 1. The molecule has 0 radical (unpaired) electrons. The van der Waals surface area contributed by atoms with E-state index in [1.807, 2.05) is 0 Å². The number of piperidine rings is 1. The fourth-order valence-corrected chi connectivity index (χ4v) is 3.17. The van der Waals surface area contributed by atoms with E-state index in [9.17, 15) is 4.39 Å². The predicted octanol–water partition coefficient (Wildman–Crippen LogP) is 2.26. The summed E-state index contributed by atoms with van der Waals surface area (Å²) in [4.78, 5) is 0. The normalized spacial score (nSPS) is 24.4. The van der Waals surface area contributed by atoms with Gasteiger partial charge in [-0.1, -0.05) is 12.1 Å². The first-order valence-corrected chi connectivity index (χ1v) is 7.50. The van der Waals surface area contributed by atoms with Gasteiger partial charge in [0.2, 0.25) is 0 Å². The van der Waals surface area contributed by atoms with E-state index in [4.69, 9.17) is 14.2 Å². The average Bonchev–Trinajstić information content (AvgIpc) is 2.90. The lowest BCUT2D eigenvalue weighted by atomic mass is 9.89. The molecule has 2 saturated heterocycles. The Morgan fingerprint density at radius 3 is 2.95 bits per heavy atom. The Hall–Kier alpha value is -1.17. The van der Waals surface area contributed by atoms with Gasteiger partial charge in [0, 0.05) is 12.0 Å². The number of halogens is 1. The number of hydrogen-bond acceptors (Lipinski definition) is 4. The lowest BCUT2D eigenvalue weighted by Crippen LogP contribution is -2.41. The summed E-state index contributed by atoms with van der Waals surface area (Å²) in [5, 5.41) is 3.34. The average molecular weight is 295 g/mol. The van der Waals surface area contributed by atoms with Gasteiger partial charge < -0.3 is 19.5 Å². The second-order valence-corrected chi connectivity index (χ2v) is 5.81. The topological polar surface area (TPSA) is 39.7 Å². The van der Waals surface area contributed by atoms with E-state index in [1.54, 1.807) is 18.2 Å². The van der Waals surface area contributed by atoms with Crippen molar-refractivity contribution in [2.45, 2.75) is 37.6 Å². The first kappa shape index (κ1) is 14.8.